The number of esters is 1. The van der Waals surface area contributed by atoms with Gasteiger partial charge in [0, 0.05) is 6.92 Å². The molecule has 18 heavy (non-hydrogen) atoms. The summed E-state index contributed by atoms with van der Waals surface area (Å²) in [5.41, 5.74) is -1.39. The molecule has 2 saturated heterocycles. The smallest absolute Gasteiger partial charge is 0.302 e. The fraction of sp³-hybridized carbons (Fsp3) is 0.909. The van der Waals surface area contributed by atoms with E-state index in [9.17, 15) is 15.0 Å². The molecule has 0 radical (unpaired) electrons. The van der Waals surface area contributed by atoms with E-state index in [1.165, 1.54) is 6.92 Å². The van der Waals surface area contributed by atoms with Crippen LogP contribution in [0.2, 0.25) is 0 Å². The molecule has 2 fully saturated rings. The van der Waals surface area contributed by atoms with Crippen LogP contribution in [-0.2, 0) is 23.7 Å². The van der Waals surface area contributed by atoms with Gasteiger partial charge in [-0.15, -0.1) is 0 Å². The molecule has 0 bridgehead atoms. The van der Waals surface area contributed by atoms with Gasteiger partial charge < -0.3 is 29.2 Å². The maximum Gasteiger partial charge on any atom is 0.302 e. The third kappa shape index (κ3) is 2.24. The van der Waals surface area contributed by atoms with Crippen molar-refractivity contribution >= 4 is 5.97 Å². The molecule has 7 heteroatoms. The van der Waals surface area contributed by atoms with E-state index >= 15 is 0 Å². The monoisotopic (exact) mass is 262 g/mol. The quantitative estimate of drug-likeness (QED) is 0.640. The van der Waals surface area contributed by atoms with Gasteiger partial charge in [0.15, 0.2) is 17.7 Å². The van der Waals surface area contributed by atoms with Gasteiger partial charge in [0.05, 0.1) is 6.61 Å². The Morgan fingerprint density at radius 3 is 2.50 bits per heavy atom. The van der Waals surface area contributed by atoms with Crippen LogP contribution in [0, 0.1) is 0 Å². The van der Waals surface area contributed by atoms with Crippen LogP contribution in [-0.4, -0.2) is 59.3 Å². The molecule has 0 unspecified atom stereocenters. The summed E-state index contributed by atoms with van der Waals surface area (Å²) in [6.07, 6.45) is -2.62. The van der Waals surface area contributed by atoms with Crippen molar-refractivity contribution in [1.29, 1.82) is 0 Å². The van der Waals surface area contributed by atoms with E-state index in [1.807, 2.05) is 0 Å². The van der Waals surface area contributed by atoms with Gasteiger partial charge in [-0.25, -0.2) is 0 Å². The van der Waals surface area contributed by atoms with Gasteiger partial charge in [-0.1, -0.05) is 0 Å². The normalized spacial score (nSPS) is 41.7. The molecule has 0 aromatic heterocycles. The summed E-state index contributed by atoms with van der Waals surface area (Å²) in [5.74, 6) is -1.36. The Labute approximate surface area is 105 Å². The van der Waals surface area contributed by atoms with Gasteiger partial charge in [-0.2, -0.15) is 0 Å². The van der Waals surface area contributed by atoms with Crippen LogP contribution < -0.4 is 0 Å². The van der Waals surface area contributed by atoms with Gasteiger partial charge in [-0.3, -0.25) is 4.79 Å². The molecule has 2 heterocycles. The van der Waals surface area contributed by atoms with Crippen molar-refractivity contribution in [3.8, 4) is 0 Å². The van der Waals surface area contributed by atoms with E-state index in [-0.39, 0.29) is 6.61 Å². The number of aliphatic hydroxyl groups excluding tert-OH is 2. The van der Waals surface area contributed by atoms with E-state index in [4.69, 9.17) is 18.9 Å². The van der Waals surface area contributed by atoms with Gasteiger partial charge in [0.1, 0.15) is 18.8 Å². The Hall–Kier alpha value is -0.730. The molecule has 0 amide bonds. The SMILES string of the molecule is CC(=O)OC[C@]1(CO)O[C@@H]2OC(C)(C)O[C@@H]2[C@@H]1O. The minimum atomic E-state index is -1.39. The number of fused-ring (bicyclic) bond motifs is 1. The lowest BCUT2D eigenvalue weighted by atomic mass is 9.97. The zero-order chi connectivity index (χ0) is 13.6. The van der Waals surface area contributed by atoms with E-state index in [0.29, 0.717) is 0 Å². The maximum absolute atomic E-state index is 10.8. The van der Waals surface area contributed by atoms with Crippen molar-refractivity contribution in [1.82, 2.24) is 0 Å². The first-order valence-electron chi connectivity index (χ1n) is 5.75. The summed E-state index contributed by atoms with van der Waals surface area (Å²) < 4.78 is 21.3. The lowest BCUT2D eigenvalue weighted by Crippen LogP contribution is -2.51. The molecule has 2 aliphatic rings. The third-order valence-electron chi connectivity index (χ3n) is 3.08. The van der Waals surface area contributed by atoms with Crippen molar-refractivity contribution < 1.29 is 34.0 Å². The average molecular weight is 262 g/mol. The molecule has 0 saturated carbocycles. The van der Waals surface area contributed by atoms with E-state index < -0.39 is 42.5 Å². The fourth-order valence-electron chi connectivity index (χ4n) is 2.18. The molecule has 2 rings (SSSR count). The van der Waals surface area contributed by atoms with Crippen molar-refractivity contribution in [3.63, 3.8) is 0 Å². The minimum Gasteiger partial charge on any atom is -0.463 e. The fourth-order valence-corrected chi connectivity index (χ4v) is 2.18. The van der Waals surface area contributed by atoms with E-state index in [0.717, 1.165) is 0 Å². The minimum absolute atomic E-state index is 0.250. The van der Waals surface area contributed by atoms with Crippen molar-refractivity contribution in [2.24, 2.45) is 0 Å². The molecule has 0 spiro atoms. The van der Waals surface area contributed by atoms with E-state index in [2.05, 4.69) is 0 Å². The number of aliphatic hydroxyl groups is 2. The first kappa shape index (κ1) is 13.7. The predicted molar refractivity (Wildman–Crippen MR) is 57.4 cm³/mol. The number of rotatable bonds is 3. The third-order valence-corrected chi connectivity index (χ3v) is 3.08. The first-order valence-corrected chi connectivity index (χ1v) is 5.75. The van der Waals surface area contributed by atoms with Crippen LogP contribution in [0.25, 0.3) is 0 Å². The second-order valence-corrected chi connectivity index (χ2v) is 5.03. The molecule has 0 aliphatic carbocycles. The molecule has 0 aromatic carbocycles. The number of hydrogen-bond acceptors (Lipinski definition) is 7. The van der Waals surface area contributed by atoms with Crippen molar-refractivity contribution in [2.75, 3.05) is 13.2 Å². The molecule has 0 aromatic rings. The highest BCUT2D eigenvalue weighted by Crippen LogP contribution is 2.42. The van der Waals surface area contributed by atoms with Crippen LogP contribution in [0.3, 0.4) is 0 Å². The number of carbonyl (C=O) groups excluding carboxylic acids is 1. The molecule has 4 atom stereocenters. The molecule has 104 valence electrons. The van der Waals surface area contributed by atoms with Crippen LogP contribution in [0.15, 0.2) is 0 Å². The highest BCUT2D eigenvalue weighted by Gasteiger charge is 2.61. The summed E-state index contributed by atoms with van der Waals surface area (Å²) in [5, 5.41) is 19.6. The Morgan fingerprint density at radius 2 is 2.00 bits per heavy atom. The summed E-state index contributed by atoms with van der Waals surface area (Å²) in [6.45, 7) is 3.90. The second kappa shape index (κ2) is 4.43. The summed E-state index contributed by atoms with van der Waals surface area (Å²) >= 11 is 0. The zero-order valence-electron chi connectivity index (χ0n) is 10.6. The zero-order valence-corrected chi connectivity index (χ0v) is 10.6. The summed E-state index contributed by atoms with van der Waals surface area (Å²) in [7, 11) is 0. The number of carbonyl (C=O) groups is 1. The Morgan fingerprint density at radius 1 is 1.33 bits per heavy atom. The highest BCUT2D eigenvalue weighted by atomic mass is 16.8. The van der Waals surface area contributed by atoms with Gasteiger partial charge in [0.2, 0.25) is 0 Å². The second-order valence-electron chi connectivity index (χ2n) is 5.03. The Bertz CT molecular complexity index is 342. The maximum atomic E-state index is 10.8. The topological polar surface area (TPSA) is 94.5 Å². The largest absolute Gasteiger partial charge is 0.463 e. The number of hydrogen-bond donors (Lipinski definition) is 2. The Kier molecular flexibility index (Phi) is 3.37. The van der Waals surface area contributed by atoms with Crippen LogP contribution in [0.1, 0.15) is 20.8 Å². The van der Waals surface area contributed by atoms with Crippen LogP contribution >= 0.6 is 0 Å². The van der Waals surface area contributed by atoms with E-state index in [1.54, 1.807) is 13.8 Å². The first-order chi connectivity index (χ1) is 8.30. The lowest BCUT2D eigenvalue weighted by molar-refractivity contribution is -0.254. The van der Waals surface area contributed by atoms with Gasteiger partial charge >= 0.3 is 5.97 Å². The standard InChI is InChI=1S/C11H18O7/c1-6(13)15-5-11(4-12)8(14)7-9(18-11)17-10(2,3)16-7/h7-9,12,14H,4-5H2,1-3H3/t7-,8+,9+,11+/m1/s1. The Balaban J connectivity index is 2.10. The molecule has 2 N–H and O–H groups in total. The van der Waals surface area contributed by atoms with Crippen molar-refractivity contribution in [2.45, 2.75) is 50.7 Å². The molecular weight excluding hydrogens is 244 g/mol. The molecular formula is C11H18O7. The lowest BCUT2D eigenvalue weighted by Gasteiger charge is -2.31. The van der Waals surface area contributed by atoms with Crippen LogP contribution in [0.5, 0.6) is 0 Å². The predicted octanol–water partition coefficient (Wildman–Crippen LogP) is -0.851. The average Bonchev–Trinajstić information content (AvgIpc) is 2.69. The molecule has 2 aliphatic heterocycles. The summed E-state index contributed by atoms with van der Waals surface area (Å²) in [4.78, 5) is 10.8. The summed E-state index contributed by atoms with van der Waals surface area (Å²) in [6, 6.07) is 0. The number of ether oxygens (including phenoxy) is 4. The van der Waals surface area contributed by atoms with Crippen LogP contribution in [0.4, 0.5) is 0 Å². The molecule has 7 nitrogen and oxygen atoms in total. The van der Waals surface area contributed by atoms with Crippen molar-refractivity contribution in [3.05, 3.63) is 0 Å². The van der Waals surface area contributed by atoms with Gasteiger partial charge in [-0.05, 0) is 13.8 Å². The highest BCUT2D eigenvalue weighted by molar-refractivity contribution is 5.66. The van der Waals surface area contributed by atoms with Gasteiger partial charge in [0.25, 0.3) is 0 Å².